The van der Waals surface area contributed by atoms with Gasteiger partial charge in [0.15, 0.2) is 5.17 Å². The largest absolute Gasteiger partial charge is 0.466 e. The number of esters is 1. The standard InChI is InChI=1S/C22H25N3O4S/c1-3-17-19(21(27)28-2)20(15-7-5-4-6-8-15)25-16(14-30-22(25)23-17)13-18(26)24-9-11-29-12-10-24/h4-8,14,20H,3,9-13H2,1-2H3. The first-order valence-electron chi connectivity index (χ1n) is 10.1. The molecule has 1 aromatic rings. The van der Waals surface area contributed by atoms with Crippen LogP contribution in [-0.4, -0.2) is 60.3 Å². The maximum Gasteiger partial charge on any atom is 0.338 e. The fourth-order valence-electron chi connectivity index (χ4n) is 3.94. The van der Waals surface area contributed by atoms with Crippen LogP contribution in [0.15, 0.2) is 57.7 Å². The number of amidine groups is 1. The molecule has 0 saturated carbocycles. The summed E-state index contributed by atoms with van der Waals surface area (Å²) in [6.07, 6.45) is 0.874. The number of aliphatic imine (C=N–C) groups is 1. The average Bonchev–Trinajstić information content (AvgIpc) is 3.20. The number of hydrogen-bond acceptors (Lipinski definition) is 7. The molecule has 0 radical (unpaired) electrons. The molecular weight excluding hydrogens is 402 g/mol. The quantitative estimate of drug-likeness (QED) is 0.673. The van der Waals surface area contributed by atoms with Gasteiger partial charge < -0.3 is 19.3 Å². The van der Waals surface area contributed by atoms with Crippen LogP contribution < -0.4 is 0 Å². The lowest BCUT2D eigenvalue weighted by Crippen LogP contribution is -2.42. The number of rotatable bonds is 5. The monoisotopic (exact) mass is 427 g/mol. The van der Waals surface area contributed by atoms with Gasteiger partial charge in [0.2, 0.25) is 5.91 Å². The zero-order valence-electron chi connectivity index (χ0n) is 17.2. The second kappa shape index (κ2) is 9.06. The number of carbonyl (C=O) groups is 2. The maximum absolute atomic E-state index is 12.9. The fourth-order valence-corrected chi connectivity index (χ4v) is 4.88. The fraction of sp³-hybridized carbons (Fsp3) is 0.409. The summed E-state index contributed by atoms with van der Waals surface area (Å²) in [4.78, 5) is 34.3. The molecule has 3 aliphatic heterocycles. The van der Waals surface area contributed by atoms with E-state index < -0.39 is 0 Å². The van der Waals surface area contributed by atoms with E-state index in [1.807, 2.05) is 52.5 Å². The Labute approximate surface area is 180 Å². The summed E-state index contributed by atoms with van der Waals surface area (Å²) in [5, 5.41) is 2.76. The number of carbonyl (C=O) groups excluding carboxylic acids is 2. The van der Waals surface area contributed by atoms with Crippen LogP contribution >= 0.6 is 11.8 Å². The topological polar surface area (TPSA) is 71.4 Å². The van der Waals surface area contributed by atoms with Gasteiger partial charge in [-0.05, 0) is 17.4 Å². The lowest BCUT2D eigenvalue weighted by molar-refractivity contribution is -0.136. The molecule has 3 aliphatic rings. The predicted molar refractivity (Wildman–Crippen MR) is 115 cm³/mol. The highest BCUT2D eigenvalue weighted by Gasteiger charge is 2.41. The first kappa shape index (κ1) is 20.7. The van der Waals surface area contributed by atoms with Crippen LogP contribution in [0.3, 0.4) is 0 Å². The number of benzene rings is 1. The average molecular weight is 428 g/mol. The Morgan fingerprint density at radius 3 is 2.63 bits per heavy atom. The summed E-state index contributed by atoms with van der Waals surface area (Å²) >= 11 is 1.49. The molecule has 8 heteroatoms. The van der Waals surface area contributed by atoms with Crippen LogP contribution in [0.4, 0.5) is 0 Å². The third kappa shape index (κ3) is 3.89. The third-order valence-corrected chi connectivity index (χ3v) is 6.33. The van der Waals surface area contributed by atoms with Crippen molar-refractivity contribution in [3.63, 3.8) is 0 Å². The van der Waals surface area contributed by atoms with Gasteiger partial charge in [0, 0.05) is 18.8 Å². The van der Waals surface area contributed by atoms with Crippen LogP contribution in [0.2, 0.25) is 0 Å². The van der Waals surface area contributed by atoms with Crippen molar-refractivity contribution in [2.45, 2.75) is 25.8 Å². The van der Waals surface area contributed by atoms with E-state index in [-0.39, 0.29) is 24.3 Å². The summed E-state index contributed by atoms with van der Waals surface area (Å²) in [7, 11) is 1.39. The van der Waals surface area contributed by atoms with Crippen LogP contribution in [0.25, 0.3) is 0 Å². The van der Waals surface area contributed by atoms with E-state index in [9.17, 15) is 9.59 Å². The number of allylic oxidation sites excluding steroid dienone is 1. The molecule has 30 heavy (non-hydrogen) atoms. The van der Waals surface area contributed by atoms with Gasteiger partial charge in [-0.3, -0.25) is 4.79 Å². The van der Waals surface area contributed by atoms with Crippen LogP contribution in [0, 0.1) is 0 Å². The summed E-state index contributed by atoms with van der Waals surface area (Å²) in [5.41, 5.74) is 3.06. The SMILES string of the molecule is CCC1=C(C(=O)OC)C(c2ccccc2)N2C(CC(=O)N3CCOCC3)=CSC2=N1. The lowest BCUT2D eigenvalue weighted by Gasteiger charge is -2.37. The Morgan fingerprint density at radius 1 is 1.23 bits per heavy atom. The molecule has 1 unspecified atom stereocenters. The summed E-state index contributed by atoms with van der Waals surface area (Å²) in [6.45, 7) is 4.33. The van der Waals surface area contributed by atoms with Gasteiger partial charge >= 0.3 is 5.97 Å². The molecule has 1 amide bonds. The highest BCUT2D eigenvalue weighted by Crippen LogP contribution is 2.45. The van der Waals surface area contributed by atoms with E-state index in [4.69, 9.17) is 14.5 Å². The Kier molecular flexibility index (Phi) is 6.24. The van der Waals surface area contributed by atoms with Crippen molar-refractivity contribution in [2.75, 3.05) is 33.4 Å². The Bertz CT molecular complexity index is 920. The number of morpholine rings is 1. The molecule has 3 heterocycles. The van der Waals surface area contributed by atoms with E-state index in [1.54, 1.807) is 0 Å². The second-order valence-electron chi connectivity index (χ2n) is 7.18. The van der Waals surface area contributed by atoms with Crippen molar-refractivity contribution < 1.29 is 19.1 Å². The van der Waals surface area contributed by atoms with Gasteiger partial charge in [-0.25, -0.2) is 9.79 Å². The van der Waals surface area contributed by atoms with Crippen LogP contribution in [0.1, 0.15) is 31.4 Å². The predicted octanol–water partition coefficient (Wildman–Crippen LogP) is 3.07. The molecule has 0 aliphatic carbocycles. The molecule has 0 bridgehead atoms. The van der Waals surface area contributed by atoms with E-state index in [0.29, 0.717) is 38.3 Å². The number of hydrogen-bond donors (Lipinski definition) is 0. The molecule has 0 aromatic heterocycles. The van der Waals surface area contributed by atoms with Crippen molar-refractivity contribution in [3.8, 4) is 0 Å². The van der Waals surface area contributed by atoms with Crippen molar-refractivity contribution in [2.24, 2.45) is 4.99 Å². The molecule has 1 aromatic carbocycles. The lowest BCUT2D eigenvalue weighted by atomic mass is 9.93. The van der Waals surface area contributed by atoms with E-state index in [2.05, 4.69) is 0 Å². The zero-order chi connectivity index (χ0) is 21.1. The number of nitrogens with zero attached hydrogens (tertiary/aromatic N) is 3. The minimum atomic E-state index is -0.390. The summed E-state index contributed by atoms with van der Waals surface area (Å²) in [5.74, 6) is -0.331. The van der Waals surface area contributed by atoms with Crippen molar-refractivity contribution in [1.29, 1.82) is 0 Å². The molecule has 158 valence electrons. The summed E-state index contributed by atoms with van der Waals surface area (Å²) in [6, 6.07) is 9.46. The van der Waals surface area contributed by atoms with Gasteiger partial charge in [0.25, 0.3) is 0 Å². The van der Waals surface area contributed by atoms with Crippen LogP contribution in [-0.2, 0) is 19.1 Å². The molecule has 0 N–H and O–H groups in total. The van der Waals surface area contributed by atoms with E-state index >= 15 is 0 Å². The highest BCUT2D eigenvalue weighted by atomic mass is 32.2. The molecule has 1 atom stereocenters. The zero-order valence-corrected chi connectivity index (χ0v) is 18.0. The maximum atomic E-state index is 12.9. The number of amides is 1. The van der Waals surface area contributed by atoms with E-state index in [0.717, 1.165) is 22.1 Å². The number of thioether (sulfide) groups is 1. The normalized spacial score (nSPS) is 21.2. The van der Waals surface area contributed by atoms with Gasteiger partial charge in [-0.2, -0.15) is 0 Å². The summed E-state index contributed by atoms with van der Waals surface area (Å²) < 4.78 is 10.5. The van der Waals surface area contributed by atoms with Gasteiger partial charge in [0.1, 0.15) is 0 Å². The number of methoxy groups -OCH3 is 1. The third-order valence-electron chi connectivity index (χ3n) is 5.44. The number of fused-ring (bicyclic) bond motifs is 1. The first-order valence-corrected chi connectivity index (χ1v) is 11.0. The highest BCUT2D eigenvalue weighted by molar-refractivity contribution is 8.16. The van der Waals surface area contributed by atoms with Crippen molar-refractivity contribution in [3.05, 3.63) is 58.3 Å². The molecule has 0 spiro atoms. The molecule has 4 rings (SSSR count). The number of ether oxygens (including phenoxy) is 2. The Balaban J connectivity index is 1.70. The first-order chi connectivity index (χ1) is 14.6. The van der Waals surface area contributed by atoms with Gasteiger partial charge in [-0.1, -0.05) is 49.0 Å². The molecule has 1 saturated heterocycles. The Morgan fingerprint density at radius 2 is 1.97 bits per heavy atom. The van der Waals surface area contributed by atoms with E-state index in [1.165, 1.54) is 18.9 Å². The smallest absolute Gasteiger partial charge is 0.338 e. The minimum absolute atomic E-state index is 0.0584. The molecule has 7 nitrogen and oxygen atoms in total. The second-order valence-corrected chi connectivity index (χ2v) is 8.02. The molecular formula is C22H25N3O4S. The van der Waals surface area contributed by atoms with Crippen LogP contribution in [0.5, 0.6) is 0 Å². The molecule has 1 fully saturated rings. The minimum Gasteiger partial charge on any atom is -0.466 e. The van der Waals surface area contributed by atoms with Gasteiger partial charge in [-0.15, -0.1) is 0 Å². The van der Waals surface area contributed by atoms with Crippen molar-refractivity contribution >= 4 is 28.8 Å². The van der Waals surface area contributed by atoms with Gasteiger partial charge in [0.05, 0.1) is 44.1 Å². The Hall–Kier alpha value is -2.58. The van der Waals surface area contributed by atoms with Crippen molar-refractivity contribution in [1.82, 2.24) is 9.80 Å².